The van der Waals surface area contributed by atoms with Gasteiger partial charge in [-0.2, -0.15) is 0 Å². The van der Waals surface area contributed by atoms with Gasteiger partial charge in [0.1, 0.15) is 5.60 Å². The van der Waals surface area contributed by atoms with Crippen molar-refractivity contribution in [3.05, 3.63) is 45.8 Å². The Morgan fingerprint density at radius 1 is 1.16 bits per heavy atom. The van der Waals surface area contributed by atoms with Gasteiger partial charge < -0.3 is 24.4 Å². The normalized spacial score (nSPS) is 11.0. The number of carbonyl (C=O) groups excluding carboxylic acids is 1. The highest BCUT2D eigenvalue weighted by molar-refractivity contribution is 5.84. The molecule has 0 spiro atoms. The number of ether oxygens (including phenoxy) is 3. The number of hydrogen-bond acceptors (Lipinski definition) is 9. The molecular weight excluding hydrogens is 412 g/mol. The molecule has 2 aromatic rings. The zero-order valence-corrected chi connectivity index (χ0v) is 17.4. The smallest absolute Gasteiger partial charge is 0.449 e. The standard InChI is InChI=1S/C20H22N2O9/c1-11-16(29-18(24)25)15(13-6-5-7-14(10-13)22(27)28)17(12(2)21-11)30-19(26)31-20(3,4)8-9-23/h5-7,10,23H,8-9H2,1-4H3,(H,24,25). The van der Waals surface area contributed by atoms with Crippen LogP contribution in [0.15, 0.2) is 24.3 Å². The maximum Gasteiger partial charge on any atom is 0.514 e. The van der Waals surface area contributed by atoms with Crippen LogP contribution < -0.4 is 9.47 Å². The number of pyridine rings is 1. The summed E-state index contributed by atoms with van der Waals surface area (Å²) in [5.41, 5.74) is -0.756. The fraction of sp³-hybridized carbons (Fsp3) is 0.350. The van der Waals surface area contributed by atoms with Crippen LogP contribution in [0.1, 0.15) is 31.7 Å². The summed E-state index contributed by atoms with van der Waals surface area (Å²) in [6, 6.07) is 5.32. The molecule has 31 heavy (non-hydrogen) atoms. The fourth-order valence-corrected chi connectivity index (χ4v) is 2.84. The molecule has 166 valence electrons. The first-order valence-electron chi connectivity index (χ1n) is 9.13. The number of carbonyl (C=O) groups is 2. The molecule has 0 fully saturated rings. The van der Waals surface area contributed by atoms with Gasteiger partial charge in [0.05, 0.1) is 21.9 Å². The van der Waals surface area contributed by atoms with E-state index in [0.29, 0.717) is 0 Å². The second kappa shape index (κ2) is 9.39. The molecular formula is C20H22N2O9. The van der Waals surface area contributed by atoms with Crippen molar-refractivity contribution in [2.45, 2.75) is 39.7 Å². The first kappa shape index (κ1) is 23.5. The van der Waals surface area contributed by atoms with E-state index in [9.17, 15) is 19.7 Å². The van der Waals surface area contributed by atoms with E-state index < -0.39 is 22.8 Å². The highest BCUT2D eigenvalue weighted by Gasteiger charge is 2.28. The predicted octanol–water partition coefficient (Wildman–Crippen LogP) is 4.01. The molecule has 0 saturated carbocycles. The van der Waals surface area contributed by atoms with Crippen LogP contribution in [-0.2, 0) is 4.74 Å². The van der Waals surface area contributed by atoms with E-state index in [2.05, 4.69) is 4.98 Å². The van der Waals surface area contributed by atoms with Gasteiger partial charge in [0.2, 0.25) is 0 Å². The quantitative estimate of drug-likeness (QED) is 0.370. The molecule has 0 aliphatic carbocycles. The second-order valence-electron chi connectivity index (χ2n) is 7.18. The predicted molar refractivity (Wildman–Crippen MR) is 107 cm³/mol. The molecule has 1 aromatic heterocycles. The molecule has 0 bridgehead atoms. The molecule has 11 heteroatoms. The first-order valence-corrected chi connectivity index (χ1v) is 9.13. The molecule has 0 aliphatic heterocycles. The van der Waals surface area contributed by atoms with Crippen LogP contribution in [0.25, 0.3) is 11.1 Å². The minimum Gasteiger partial charge on any atom is -0.449 e. The van der Waals surface area contributed by atoms with Gasteiger partial charge in [0.25, 0.3) is 5.69 Å². The van der Waals surface area contributed by atoms with E-state index >= 15 is 0 Å². The Kier molecular flexibility index (Phi) is 7.13. The van der Waals surface area contributed by atoms with Crippen molar-refractivity contribution in [2.75, 3.05) is 6.61 Å². The molecule has 1 aromatic carbocycles. The molecule has 11 nitrogen and oxygen atoms in total. The molecule has 2 rings (SSSR count). The molecule has 1 heterocycles. The van der Waals surface area contributed by atoms with Gasteiger partial charge in [0, 0.05) is 25.2 Å². The topological polar surface area (TPSA) is 158 Å². The van der Waals surface area contributed by atoms with Crippen molar-refractivity contribution in [3.63, 3.8) is 0 Å². The van der Waals surface area contributed by atoms with Crippen molar-refractivity contribution >= 4 is 18.0 Å². The minimum absolute atomic E-state index is 0.00647. The lowest BCUT2D eigenvalue weighted by Gasteiger charge is -2.24. The average Bonchev–Trinajstić information content (AvgIpc) is 2.64. The van der Waals surface area contributed by atoms with Gasteiger partial charge in [-0.1, -0.05) is 12.1 Å². The zero-order valence-electron chi connectivity index (χ0n) is 17.4. The molecule has 2 N–H and O–H groups in total. The number of non-ortho nitro benzene ring substituents is 1. The van der Waals surface area contributed by atoms with Crippen LogP contribution in [0.2, 0.25) is 0 Å². The van der Waals surface area contributed by atoms with Gasteiger partial charge in [-0.3, -0.25) is 15.1 Å². The van der Waals surface area contributed by atoms with Crippen LogP contribution >= 0.6 is 0 Å². The highest BCUT2D eigenvalue weighted by atomic mass is 16.7. The minimum atomic E-state index is -1.64. The Hall–Kier alpha value is -3.73. The number of aliphatic hydroxyl groups excluding tert-OH is 1. The van der Waals surface area contributed by atoms with Crippen molar-refractivity contribution in [3.8, 4) is 22.6 Å². The molecule has 0 unspecified atom stereocenters. The summed E-state index contributed by atoms with van der Waals surface area (Å²) in [6.07, 6.45) is -2.61. The summed E-state index contributed by atoms with van der Waals surface area (Å²) >= 11 is 0. The van der Waals surface area contributed by atoms with Gasteiger partial charge in [-0.05, 0) is 33.3 Å². The summed E-state index contributed by atoms with van der Waals surface area (Å²) in [4.78, 5) is 38.4. The van der Waals surface area contributed by atoms with E-state index in [1.807, 2.05) is 0 Å². The van der Waals surface area contributed by atoms with Crippen molar-refractivity contribution in [2.24, 2.45) is 0 Å². The van der Waals surface area contributed by atoms with Crippen LogP contribution in [0, 0.1) is 24.0 Å². The Balaban J connectivity index is 2.65. The summed E-state index contributed by atoms with van der Waals surface area (Å²) in [5.74, 6) is -0.414. The largest absolute Gasteiger partial charge is 0.514 e. The van der Waals surface area contributed by atoms with Gasteiger partial charge in [0.15, 0.2) is 11.5 Å². The summed E-state index contributed by atoms with van der Waals surface area (Å²) in [6.45, 7) is 5.93. The maximum absolute atomic E-state index is 12.4. The fourth-order valence-electron chi connectivity index (χ4n) is 2.84. The molecule has 0 aliphatic rings. The maximum atomic E-state index is 12.4. The number of nitro groups is 1. The molecule has 0 saturated heterocycles. The molecule has 0 atom stereocenters. The van der Waals surface area contributed by atoms with E-state index in [0.717, 1.165) is 0 Å². The monoisotopic (exact) mass is 434 g/mol. The summed E-state index contributed by atoms with van der Waals surface area (Å²) in [5, 5.41) is 29.4. The van der Waals surface area contributed by atoms with Crippen LogP contribution in [0.3, 0.4) is 0 Å². The Morgan fingerprint density at radius 2 is 1.77 bits per heavy atom. The van der Waals surface area contributed by atoms with Gasteiger partial charge in [-0.25, -0.2) is 9.59 Å². The van der Waals surface area contributed by atoms with E-state index in [4.69, 9.17) is 24.4 Å². The molecule has 0 radical (unpaired) electrons. The van der Waals surface area contributed by atoms with Crippen molar-refractivity contribution in [1.29, 1.82) is 0 Å². The zero-order chi connectivity index (χ0) is 23.3. The number of carboxylic acid groups (broad SMARTS) is 1. The lowest BCUT2D eigenvalue weighted by atomic mass is 10.0. The number of aliphatic hydroxyl groups is 1. The lowest BCUT2D eigenvalue weighted by Crippen LogP contribution is -2.31. The van der Waals surface area contributed by atoms with E-state index in [1.165, 1.54) is 38.1 Å². The number of aryl methyl sites for hydroxylation is 2. The third-order valence-electron chi connectivity index (χ3n) is 4.24. The number of aromatic nitrogens is 1. The van der Waals surface area contributed by atoms with Crippen LogP contribution in [0.4, 0.5) is 15.3 Å². The average molecular weight is 434 g/mol. The van der Waals surface area contributed by atoms with Crippen LogP contribution in [-0.4, -0.2) is 44.6 Å². The SMILES string of the molecule is Cc1nc(C)c(OC(=O)OC(C)(C)CCO)c(-c2cccc([N+](=O)[O-])c2)c1OC(=O)O. The van der Waals surface area contributed by atoms with E-state index in [1.54, 1.807) is 13.8 Å². The van der Waals surface area contributed by atoms with E-state index in [-0.39, 0.29) is 52.7 Å². The van der Waals surface area contributed by atoms with Gasteiger partial charge in [-0.15, -0.1) is 0 Å². The number of benzene rings is 1. The summed E-state index contributed by atoms with van der Waals surface area (Å²) < 4.78 is 15.4. The third-order valence-corrected chi connectivity index (χ3v) is 4.24. The van der Waals surface area contributed by atoms with Gasteiger partial charge >= 0.3 is 12.3 Å². The van der Waals surface area contributed by atoms with Crippen LogP contribution in [0.5, 0.6) is 11.5 Å². The number of nitro benzene ring substituents is 1. The number of hydrogen-bond donors (Lipinski definition) is 2. The Bertz CT molecular complexity index is 1020. The Morgan fingerprint density at radius 3 is 2.32 bits per heavy atom. The highest BCUT2D eigenvalue weighted by Crippen LogP contribution is 2.43. The third kappa shape index (κ3) is 5.89. The molecule has 0 amide bonds. The van der Waals surface area contributed by atoms with Crippen molar-refractivity contribution < 1.29 is 38.9 Å². The number of rotatable bonds is 7. The summed E-state index contributed by atoms with van der Waals surface area (Å²) in [7, 11) is 0. The first-order chi connectivity index (χ1) is 14.4. The Labute approximate surface area is 177 Å². The lowest BCUT2D eigenvalue weighted by molar-refractivity contribution is -0.384. The second-order valence-corrected chi connectivity index (χ2v) is 7.18. The number of nitrogens with zero attached hydrogens (tertiary/aromatic N) is 2. The van der Waals surface area contributed by atoms with Crippen molar-refractivity contribution in [1.82, 2.24) is 4.98 Å².